The van der Waals surface area contributed by atoms with Gasteiger partial charge in [0.05, 0.1) is 0 Å². The fourth-order valence-corrected chi connectivity index (χ4v) is 2.96. The van der Waals surface area contributed by atoms with Crippen LogP contribution in [0.4, 0.5) is 11.6 Å². The maximum atomic E-state index is 11.8. The molecule has 0 radical (unpaired) electrons. The van der Waals surface area contributed by atoms with Crippen LogP contribution in [0.15, 0.2) is 41.9 Å². The number of rotatable bonds is 7. The molecular formula is C15H15N5O3S. The van der Waals surface area contributed by atoms with Crippen LogP contribution in [0.5, 0.6) is 0 Å². The molecule has 0 bridgehead atoms. The van der Waals surface area contributed by atoms with Crippen molar-refractivity contribution in [3.05, 3.63) is 57.6 Å². The Hall–Kier alpha value is -2.94. The highest BCUT2D eigenvalue weighted by Crippen LogP contribution is 2.27. The zero-order chi connectivity index (χ0) is 16.9. The van der Waals surface area contributed by atoms with Gasteiger partial charge in [-0.15, -0.1) is 0 Å². The van der Waals surface area contributed by atoms with E-state index in [9.17, 15) is 14.9 Å². The van der Waals surface area contributed by atoms with Gasteiger partial charge in [-0.25, -0.2) is 0 Å². The lowest BCUT2D eigenvalue weighted by Crippen LogP contribution is -2.25. The van der Waals surface area contributed by atoms with Crippen molar-refractivity contribution in [3.63, 3.8) is 0 Å². The molecule has 0 atom stereocenters. The standard InChI is InChI=1S/C15H15N5O3S/c21-12(17-10-11-4-2-1-3-5-11)6-7-16-13-14(20(22)23)19-8-9-24-15(19)18-13/h1-5,8-9,16H,6-7,10H2,(H,17,21). The Labute approximate surface area is 141 Å². The molecule has 9 heteroatoms. The van der Waals surface area contributed by atoms with Crippen molar-refractivity contribution in [3.8, 4) is 0 Å². The molecule has 0 saturated carbocycles. The number of hydrogen-bond acceptors (Lipinski definition) is 6. The minimum atomic E-state index is -0.482. The number of nitro groups is 1. The molecule has 0 saturated heterocycles. The second kappa shape index (κ2) is 7.09. The third kappa shape index (κ3) is 3.51. The number of thiazole rings is 1. The summed E-state index contributed by atoms with van der Waals surface area (Å²) in [4.78, 5) is 27.3. The Morgan fingerprint density at radius 1 is 1.33 bits per heavy atom. The molecule has 2 heterocycles. The predicted octanol–water partition coefficient (Wildman–Crippen LogP) is 2.42. The van der Waals surface area contributed by atoms with E-state index in [1.54, 1.807) is 11.6 Å². The molecule has 0 aliphatic heterocycles. The number of imidazole rings is 1. The summed E-state index contributed by atoms with van der Waals surface area (Å²) >= 11 is 1.31. The minimum absolute atomic E-state index is 0.115. The van der Waals surface area contributed by atoms with Gasteiger partial charge in [-0.2, -0.15) is 9.38 Å². The summed E-state index contributed by atoms with van der Waals surface area (Å²) in [5, 5.41) is 18.6. The zero-order valence-electron chi connectivity index (χ0n) is 12.6. The Balaban J connectivity index is 1.53. The average molecular weight is 345 g/mol. The lowest BCUT2D eigenvalue weighted by molar-refractivity contribution is -0.389. The van der Waals surface area contributed by atoms with Crippen LogP contribution in [0.2, 0.25) is 0 Å². The summed E-state index contributed by atoms with van der Waals surface area (Å²) in [5.41, 5.74) is 1.02. The zero-order valence-corrected chi connectivity index (χ0v) is 13.5. The highest BCUT2D eigenvalue weighted by atomic mass is 32.1. The van der Waals surface area contributed by atoms with Gasteiger partial charge in [0.1, 0.15) is 6.20 Å². The third-order valence-electron chi connectivity index (χ3n) is 3.39. The van der Waals surface area contributed by atoms with E-state index in [1.807, 2.05) is 30.3 Å². The van der Waals surface area contributed by atoms with Gasteiger partial charge in [-0.05, 0) is 10.5 Å². The van der Waals surface area contributed by atoms with E-state index in [4.69, 9.17) is 0 Å². The first-order chi connectivity index (χ1) is 11.6. The fourth-order valence-electron chi connectivity index (χ4n) is 2.25. The molecule has 0 fully saturated rings. The Morgan fingerprint density at radius 2 is 2.12 bits per heavy atom. The van der Waals surface area contributed by atoms with Crippen LogP contribution >= 0.6 is 11.3 Å². The summed E-state index contributed by atoms with van der Waals surface area (Å²) in [5.74, 6) is -0.0614. The largest absolute Gasteiger partial charge is 0.372 e. The minimum Gasteiger partial charge on any atom is -0.362 e. The smallest absolute Gasteiger partial charge is 0.362 e. The van der Waals surface area contributed by atoms with Gasteiger partial charge in [-0.3, -0.25) is 4.79 Å². The summed E-state index contributed by atoms with van der Waals surface area (Å²) in [7, 11) is 0. The number of carbonyl (C=O) groups is 1. The van der Waals surface area contributed by atoms with Crippen molar-refractivity contribution < 1.29 is 9.72 Å². The van der Waals surface area contributed by atoms with Crippen LogP contribution in [0.3, 0.4) is 0 Å². The van der Waals surface area contributed by atoms with Crippen LogP contribution in [-0.4, -0.2) is 26.8 Å². The monoisotopic (exact) mass is 345 g/mol. The van der Waals surface area contributed by atoms with E-state index in [2.05, 4.69) is 15.6 Å². The van der Waals surface area contributed by atoms with E-state index in [0.717, 1.165) is 5.56 Å². The number of hydrogen-bond donors (Lipinski definition) is 2. The highest BCUT2D eigenvalue weighted by Gasteiger charge is 2.23. The molecule has 0 aliphatic rings. The molecule has 124 valence electrons. The Bertz CT molecular complexity index is 859. The van der Waals surface area contributed by atoms with Crippen molar-refractivity contribution >= 4 is 33.8 Å². The number of fused-ring (bicyclic) bond motifs is 1. The maximum absolute atomic E-state index is 11.8. The van der Waals surface area contributed by atoms with Crippen molar-refractivity contribution in [2.75, 3.05) is 11.9 Å². The van der Waals surface area contributed by atoms with Crippen LogP contribution in [-0.2, 0) is 11.3 Å². The van der Waals surface area contributed by atoms with E-state index in [0.29, 0.717) is 11.5 Å². The number of carbonyl (C=O) groups excluding carboxylic acids is 1. The molecule has 1 aromatic carbocycles. The summed E-state index contributed by atoms with van der Waals surface area (Å²) < 4.78 is 1.42. The highest BCUT2D eigenvalue weighted by molar-refractivity contribution is 7.15. The summed E-state index contributed by atoms with van der Waals surface area (Å²) in [6, 6.07) is 9.59. The maximum Gasteiger partial charge on any atom is 0.372 e. The number of anilines is 1. The lowest BCUT2D eigenvalue weighted by Gasteiger charge is -2.06. The van der Waals surface area contributed by atoms with E-state index >= 15 is 0 Å². The van der Waals surface area contributed by atoms with Gasteiger partial charge in [0.25, 0.3) is 4.96 Å². The average Bonchev–Trinajstić information content (AvgIpc) is 3.14. The van der Waals surface area contributed by atoms with Gasteiger partial charge in [0.2, 0.25) is 11.7 Å². The molecule has 2 aromatic heterocycles. The number of aromatic nitrogens is 2. The Morgan fingerprint density at radius 3 is 2.88 bits per heavy atom. The van der Waals surface area contributed by atoms with Crippen molar-refractivity contribution in [1.82, 2.24) is 14.7 Å². The number of amides is 1. The SMILES string of the molecule is O=C(CCNc1nc2sccn2c1[N+](=O)[O-])NCc1ccccc1. The van der Waals surface area contributed by atoms with E-state index in [-0.39, 0.29) is 30.5 Å². The fraction of sp³-hybridized carbons (Fsp3) is 0.200. The van der Waals surface area contributed by atoms with E-state index in [1.165, 1.54) is 15.7 Å². The van der Waals surface area contributed by atoms with Gasteiger partial charge < -0.3 is 20.7 Å². The van der Waals surface area contributed by atoms with Gasteiger partial charge in [0, 0.05) is 24.9 Å². The van der Waals surface area contributed by atoms with Crippen molar-refractivity contribution in [2.45, 2.75) is 13.0 Å². The first-order valence-corrected chi connectivity index (χ1v) is 8.17. The van der Waals surface area contributed by atoms with Crippen molar-refractivity contribution in [2.24, 2.45) is 0 Å². The molecule has 3 aromatic rings. The molecule has 8 nitrogen and oxygen atoms in total. The lowest BCUT2D eigenvalue weighted by atomic mass is 10.2. The molecule has 0 spiro atoms. The molecular weight excluding hydrogens is 330 g/mol. The third-order valence-corrected chi connectivity index (χ3v) is 4.14. The van der Waals surface area contributed by atoms with Crippen LogP contribution in [0.25, 0.3) is 4.96 Å². The van der Waals surface area contributed by atoms with Crippen LogP contribution in [0, 0.1) is 10.1 Å². The number of nitrogens with zero attached hydrogens (tertiary/aromatic N) is 3. The first-order valence-electron chi connectivity index (χ1n) is 7.29. The molecule has 1 amide bonds. The molecule has 0 unspecified atom stereocenters. The summed E-state index contributed by atoms with van der Waals surface area (Å²) in [6.07, 6.45) is 1.80. The molecule has 3 rings (SSSR count). The van der Waals surface area contributed by atoms with Gasteiger partial charge in [-0.1, -0.05) is 41.7 Å². The second-order valence-electron chi connectivity index (χ2n) is 5.04. The Kier molecular flexibility index (Phi) is 4.71. The molecule has 2 N–H and O–H groups in total. The van der Waals surface area contributed by atoms with E-state index < -0.39 is 4.92 Å². The predicted molar refractivity (Wildman–Crippen MR) is 91.1 cm³/mol. The number of nitrogens with one attached hydrogen (secondary N) is 2. The van der Waals surface area contributed by atoms with Gasteiger partial charge in [0.15, 0.2) is 0 Å². The first kappa shape index (κ1) is 15.9. The molecule has 24 heavy (non-hydrogen) atoms. The topological polar surface area (TPSA) is 102 Å². The van der Waals surface area contributed by atoms with Gasteiger partial charge >= 0.3 is 5.82 Å². The van der Waals surface area contributed by atoms with Crippen molar-refractivity contribution in [1.29, 1.82) is 0 Å². The second-order valence-corrected chi connectivity index (χ2v) is 5.91. The number of benzene rings is 1. The summed E-state index contributed by atoms with van der Waals surface area (Å²) in [6.45, 7) is 0.729. The molecule has 0 aliphatic carbocycles. The van der Waals surface area contributed by atoms with Crippen LogP contribution < -0.4 is 10.6 Å². The quantitative estimate of drug-likeness (QED) is 0.506. The normalized spacial score (nSPS) is 10.7. The van der Waals surface area contributed by atoms with Crippen LogP contribution in [0.1, 0.15) is 12.0 Å².